The molecule has 0 amide bonds. The van der Waals surface area contributed by atoms with Gasteiger partial charge in [-0.25, -0.2) is 0 Å². The summed E-state index contributed by atoms with van der Waals surface area (Å²) in [5, 5.41) is 0. The number of aliphatic imine (C=N–C) groups is 1. The van der Waals surface area contributed by atoms with Crippen molar-refractivity contribution < 1.29 is 0 Å². The molecule has 0 aromatic carbocycles. The van der Waals surface area contributed by atoms with Crippen LogP contribution in [-0.2, 0) is 0 Å². The van der Waals surface area contributed by atoms with Crippen LogP contribution in [0, 0.1) is 5.92 Å². The predicted molar refractivity (Wildman–Crippen MR) is 60.6 cm³/mol. The Labute approximate surface area is 82.5 Å². The highest BCUT2D eigenvalue weighted by atomic mass is 15.0. The summed E-state index contributed by atoms with van der Waals surface area (Å²) in [6.07, 6.45) is 4.70. The number of nitrogens with zero attached hydrogens (tertiary/aromatic N) is 2. The molecular weight excluding hydrogens is 159 g/mol. The van der Waals surface area contributed by atoms with Gasteiger partial charge in [-0.3, -0.25) is 0 Å². The molecule has 74 valence electrons. The van der Waals surface area contributed by atoms with Gasteiger partial charge in [0.25, 0.3) is 6.85 Å². The molecule has 0 bridgehead atoms. The van der Waals surface area contributed by atoms with Crippen molar-refractivity contribution in [2.75, 3.05) is 20.6 Å². The molecule has 0 radical (unpaired) electrons. The highest BCUT2D eigenvalue weighted by molar-refractivity contribution is 6.85. The fourth-order valence-electron chi connectivity index (χ4n) is 2.35. The summed E-state index contributed by atoms with van der Waals surface area (Å²) in [6, 6.07) is 0. The Morgan fingerprint density at radius 3 is 2.54 bits per heavy atom. The van der Waals surface area contributed by atoms with Gasteiger partial charge in [-0.2, -0.15) is 0 Å². The van der Waals surface area contributed by atoms with E-state index in [2.05, 4.69) is 43.9 Å². The van der Waals surface area contributed by atoms with Crippen LogP contribution in [0.1, 0.15) is 26.7 Å². The molecule has 0 saturated heterocycles. The Kier molecular flexibility index (Phi) is 3.98. The molecule has 1 atom stereocenters. The van der Waals surface area contributed by atoms with Gasteiger partial charge in [0, 0.05) is 6.54 Å². The average Bonchev–Trinajstić information content (AvgIpc) is 2.55. The van der Waals surface area contributed by atoms with Gasteiger partial charge in [-0.15, -0.1) is 0 Å². The minimum atomic E-state index is 0.574. The summed E-state index contributed by atoms with van der Waals surface area (Å²) in [4.78, 5) is 6.71. The number of hydrogen-bond donors (Lipinski definition) is 0. The van der Waals surface area contributed by atoms with E-state index in [-0.39, 0.29) is 0 Å². The summed E-state index contributed by atoms with van der Waals surface area (Å²) < 4.78 is 0. The zero-order chi connectivity index (χ0) is 9.84. The number of hydrogen-bond acceptors (Lipinski definition) is 2. The smallest absolute Gasteiger partial charge is 0.274 e. The first-order valence-corrected chi connectivity index (χ1v) is 5.37. The first-order valence-electron chi connectivity index (χ1n) is 5.37. The van der Waals surface area contributed by atoms with Gasteiger partial charge in [-0.05, 0) is 31.9 Å². The van der Waals surface area contributed by atoms with Gasteiger partial charge < -0.3 is 9.80 Å². The summed E-state index contributed by atoms with van der Waals surface area (Å²) >= 11 is 0. The Morgan fingerprint density at radius 1 is 1.46 bits per heavy atom. The van der Waals surface area contributed by atoms with Crippen LogP contribution in [-0.4, -0.2) is 38.4 Å². The van der Waals surface area contributed by atoms with E-state index in [0.29, 0.717) is 6.85 Å². The molecule has 1 unspecified atom stereocenters. The molecule has 0 aliphatic carbocycles. The normalized spacial score (nSPS) is 22.3. The third kappa shape index (κ3) is 2.34. The molecule has 0 fully saturated rings. The van der Waals surface area contributed by atoms with Crippen molar-refractivity contribution in [2.24, 2.45) is 10.9 Å². The van der Waals surface area contributed by atoms with Gasteiger partial charge in [0.05, 0.1) is 0 Å². The van der Waals surface area contributed by atoms with Crippen LogP contribution in [0.5, 0.6) is 0 Å². The van der Waals surface area contributed by atoms with Crippen LogP contribution in [0.3, 0.4) is 0 Å². The molecule has 1 rings (SSSR count). The fraction of sp³-hybridized carbons (Fsp3) is 0.900. The van der Waals surface area contributed by atoms with E-state index in [1.54, 1.807) is 0 Å². The van der Waals surface area contributed by atoms with Crippen LogP contribution in [0.15, 0.2) is 4.99 Å². The van der Waals surface area contributed by atoms with Crippen molar-refractivity contribution in [2.45, 2.75) is 32.5 Å². The minimum Gasteiger partial charge on any atom is -0.343 e. The maximum Gasteiger partial charge on any atom is 0.274 e. The first-order chi connectivity index (χ1) is 6.20. The molecule has 2 nitrogen and oxygen atoms in total. The van der Waals surface area contributed by atoms with E-state index in [1.165, 1.54) is 12.8 Å². The van der Waals surface area contributed by atoms with Gasteiger partial charge in [0.1, 0.15) is 0 Å². The maximum atomic E-state index is 4.42. The van der Waals surface area contributed by atoms with Crippen LogP contribution < -0.4 is 0 Å². The molecule has 13 heavy (non-hydrogen) atoms. The van der Waals surface area contributed by atoms with Crippen molar-refractivity contribution in [3.05, 3.63) is 0 Å². The van der Waals surface area contributed by atoms with E-state index in [1.807, 2.05) is 0 Å². The molecule has 3 heteroatoms. The van der Waals surface area contributed by atoms with Gasteiger partial charge in [-0.1, -0.05) is 26.7 Å². The van der Waals surface area contributed by atoms with Gasteiger partial charge in [0.2, 0.25) is 0 Å². The van der Waals surface area contributed by atoms with E-state index in [0.717, 1.165) is 18.3 Å². The second-order valence-electron chi connectivity index (χ2n) is 4.21. The first kappa shape index (κ1) is 10.8. The van der Waals surface area contributed by atoms with Crippen molar-refractivity contribution in [1.82, 2.24) is 4.81 Å². The molecule has 0 spiro atoms. The monoisotopic (exact) mass is 180 g/mol. The van der Waals surface area contributed by atoms with Crippen LogP contribution in [0.4, 0.5) is 0 Å². The molecule has 0 N–H and O–H groups in total. The van der Waals surface area contributed by atoms with E-state index >= 15 is 0 Å². The highest BCUT2D eigenvalue weighted by Crippen LogP contribution is 2.30. The topological polar surface area (TPSA) is 15.6 Å². The van der Waals surface area contributed by atoms with Gasteiger partial charge in [0.15, 0.2) is 0 Å². The summed E-state index contributed by atoms with van der Waals surface area (Å²) in [5.74, 6) is 1.60. The Hall–Kier alpha value is -0.305. The van der Waals surface area contributed by atoms with Crippen LogP contribution in [0.2, 0.25) is 5.82 Å². The van der Waals surface area contributed by atoms with Crippen molar-refractivity contribution in [3.8, 4) is 0 Å². The Bertz CT molecular complexity index is 176. The average molecular weight is 180 g/mol. The van der Waals surface area contributed by atoms with Crippen LogP contribution in [0.25, 0.3) is 0 Å². The third-order valence-corrected chi connectivity index (χ3v) is 3.26. The second kappa shape index (κ2) is 4.80. The quantitative estimate of drug-likeness (QED) is 0.604. The van der Waals surface area contributed by atoms with E-state index in [4.69, 9.17) is 0 Å². The lowest BCUT2D eigenvalue weighted by Gasteiger charge is -2.27. The lowest BCUT2D eigenvalue weighted by atomic mass is 9.48. The highest BCUT2D eigenvalue weighted by Gasteiger charge is 2.34. The molecular formula is C10H21BN2. The van der Waals surface area contributed by atoms with Gasteiger partial charge >= 0.3 is 0 Å². The zero-order valence-corrected chi connectivity index (χ0v) is 9.33. The lowest BCUT2D eigenvalue weighted by molar-refractivity contribution is 0.446. The second-order valence-corrected chi connectivity index (χ2v) is 4.21. The van der Waals surface area contributed by atoms with Crippen LogP contribution >= 0.6 is 0 Å². The maximum absolute atomic E-state index is 4.42. The lowest BCUT2D eigenvalue weighted by Crippen LogP contribution is -2.39. The largest absolute Gasteiger partial charge is 0.343 e. The molecule has 1 aliphatic heterocycles. The van der Waals surface area contributed by atoms with Crippen molar-refractivity contribution in [1.29, 1.82) is 0 Å². The van der Waals surface area contributed by atoms with E-state index in [9.17, 15) is 0 Å². The summed E-state index contributed by atoms with van der Waals surface area (Å²) in [5.41, 5.74) is 0. The molecule has 1 aliphatic rings. The molecule has 0 saturated carbocycles. The SMILES string of the molecule is CCC(CC)C1CN=CB1N(C)C. The molecule has 0 aromatic heterocycles. The molecule has 1 heterocycles. The Morgan fingerprint density at radius 2 is 2.08 bits per heavy atom. The summed E-state index contributed by atoms with van der Waals surface area (Å²) in [6.45, 7) is 6.19. The molecule has 0 aromatic rings. The number of rotatable bonds is 4. The Balaban J connectivity index is 2.59. The minimum absolute atomic E-state index is 0.574. The van der Waals surface area contributed by atoms with E-state index < -0.39 is 0 Å². The standard InChI is InChI=1S/C10H21BN2/c1-5-9(6-2)10-7-12-8-11(10)13(3)4/h8-10H,5-7H2,1-4H3. The van der Waals surface area contributed by atoms with Crippen molar-refractivity contribution >= 4 is 13.0 Å². The summed E-state index contributed by atoms with van der Waals surface area (Å²) in [7, 11) is 4.30. The zero-order valence-electron chi connectivity index (χ0n) is 9.33. The van der Waals surface area contributed by atoms with Crippen molar-refractivity contribution in [3.63, 3.8) is 0 Å². The fourth-order valence-corrected chi connectivity index (χ4v) is 2.35. The predicted octanol–water partition coefficient (Wildman–Crippen LogP) is 1.97. The third-order valence-electron chi connectivity index (χ3n) is 3.26.